The summed E-state index contributed by atoms with van der Waals surface area (Å²) in [6.07, 6.45) is 1.37. The normalized spacial score (nSPS) is 25.0. The second-order valence-electron chi connectivity index (χ2n) is 5.93. The van der Waals surface area contributed by atoms with Crippen LogP contribution in [-0.4, -0.2) is 16.9 Å². The molecule has 6 nitrogen and oxygen atoms in total. The number of primary amides is 1. The maximum Gasteiger partial charge on any atom is 0.247 e. The Bertz CT molecular complexity index is 887. The number of nitrogens with zero attached hydrogens (tertiary/aromatic N) is 2. The van der Waals surface area contributed by atoms with Crippen LogP contribution in [-0.2, 0) is 4.79 Å². The highest BCUT2D eigenvalue weighted by atomic mass is 16.6. The van der Waals surface area contributed by atoms with Gasteiger partial charge in [-0.25, -0.2) is 0 Å². The summed E-state index contributed by atoms with van der Waals surface area (Å²) in [7, 11) is 0. The molecule has 0 bridgehead atoms. The standard InChI is InChI=1S/C19H15N3O3/c20-12-19(18(21)23)11-15(13-7-3-1-4-8-13)17(22(24)25)16(19)14-9-5-2-6-10-14/h1-11,16-17H,(H2,21,23). The van der Waals surface area contributed by atoms with Gasteiger partial charge in [0.2, 0.25) is 11.9 Å². The molecule has 0 saturated heterocycles. The van der Waals surface area contributed by atoms with E-state index in [0.29, 0.717) is 16.7 Å². The lowest BCUT2D eigenvalue weighted by Crippen LogP contribution is -2.42. The third-order valence-corrected chi connectivity index (χ3v) is 4.59. The lowest BCUT2D eigenvalue weighted by molar-refractivity contribution is -0.510. The van der Waals surface area contributed by atoms with Gasteiger partial charge in [0.1, 0.15) is 0 Å². The second-order valence-corrected chi connectivity index (χ2v) is 5.93. The van der Waals surface area contributed by atoms with Crippen molar-refractivity contribution in [3.05, 3.63) is 88.0 Å². The van der Waals surface area contributed by atoms with Crippen molar-refractivity contribution in [3.8, 4) is 6.07 Å². The first-order chi connectivity index (χ1) is 12.0. The number of rotatable bonds is 4. The van der Waals surface area contributed by atoms with Crippen LogP contribution in [0.2, 0.25) is 0 Å². The molecule has 2 aromatic rings. The van der Waals surface area contributed by atoms with Crippen LogP contribution in [0.25, 0.3) is 5.57 Å². The first kappa shape index (κ1) is 16.4. The van der Waals surface area contributed by atoms with E-state index < -0.39 is 28.2 Å². The Kier molecular flexibility index (Phi) is 4.07. The Labute approximate surface area is 144 Å². The van der Waals surface area contributed by atoms with E-state index in [2.05, 4.69) is 0 Å². The molecule has 0 heterocycles. The highest BCUT2D eigenvalue weighted by molar-refractivity contribution is 5.93. The zero-order valence-electron chi connectivity index (χ0n) is 13.2. The molecule has 0 fully saturated rings. The van der Waals surface area contributed by atoms with Gasteiger partial charge in [0.15, 0.2) is 5.41 Å². The van der Waals surface area contributed by atoms with Crippen molar-refractivity contribution in [3.63, 3.8) is 0 Å². The van der Waals surface area contributed by atoms with Crippen molar-refractivity contribution in [2.75, 3.05) is 0 Å². The molecule has 3 atom stereocenters. The Morgan fingerprint density at radius 1 is 1.12 bits per heavy atom. The zero-order chi connectivity index (χ0) is 18.0. The first-order valence-corrected chi connectivity index (χ1v) is 7.69. The van der Waals surface area contributed by atoms with Crippen LogP contribution < -0.4 is 5.73 Å². The van der Waals surface area contributed by atoms with Crippen molar-refractivity contribution in [2.24, 2.45) is 11.1 Å². The lowest BCUT2D eigenvalue weighted by Gasteiger charge is -2.26. The van der Waals surface area contributed by atoms with Gasteiger partial charge < -0.3 is 5.73 Å². The molecule has 1 aliphatic carbocycles. The summed E-state index contributed by atoms with van der Waals surface area (Å²) < 4.78 is 0. The molecule has 25 heavy (non-hydrogen) atoms. The molecular formula is C19H15N3O3. The smallest absolute Gasteiger partial charge is 0.247 e. The third-order valence-electron chi connectivity index (χ3n) is 4.59. The highest BCUT2D eigenvalue weighted by Gasteiger charge is 2.59. The number of carbonyl (C=O) groups excluding carboxylic acids is 1. The van der Waals surface area contributed by atoms with Gasteiger partial charge >= 0.3 is 0 Å². The minimum atomic E-state index is -1.77. The van der Waals surface area contributed by atoms with Crippen LogP contribution >= 0.6 is 0 Å². The van der Waals surface area contributed by atoms with Gasteiger partial charge in [0, 0.05) is 10.5 Å². The Morgan fingerprint density at radius 3 is 2.16 bits per heavy atom. The number of carbonyl (C=O) groups is 1. The highest BCUT2D eigenvalue weighted by Crippen LogP contribution is 2.51. The number of nitriles is 1. The van der Waals surface area contributed by atoms with E-state index in [-0.39, 0.29) is 0 Å². The van der Waals surface area contributed by atoms with Crippen LogP contribution in [0, 0.1) is 26.9 Å². The number of benzene rings is 2. The summed E-state index contributed by atoms with van der Waals surface area (Å²) in [4.78, 5) is 23.7. The fourth-order valence-corrected chi connectivity index (χ4v) is 3.46. The Balaban J connectivity index is 2.27. The van der Waals surface area contributed by atoms with Crippen molar-refractivity contribution in [1.29, 1.82) is 5.26 Å². The van der Waals surface area contributed by atoms with Crippen LogP contribution in [0.4, 0.5) is 0 Å². The van der Waals surface area contributed by atoms with E-state index in [1.165, 1.54) is 6.08 Å². The molecular weight excluding hydrogens is 318 g/mol. The fourth-order valence-electron chi connectivity index (χ4n) is 3.46. The average molecular weight is 333 g/mol. The maximum absolute atomic E-state index is 12.2. The number of amides is 1. The molecule has 124 valence electrons. The number of nitrogens with two attached hydrogens (primary N) is 1. The summed E-state index contributed by atoms with van der Waals surface area (Å²) in [5.74, 6) is -1.87. The van der Waals surface area contributed by atoms with Gasteiger partial charge in [-0.3, -0.25) is 14.9 Å². The summed E-state index contributed by atoms with van der Waals surface area (Å²) in [6.45, 7) is 0. The zero-order valence-corrected chi connectivity index (χ0v) is 13.2. The van der Waals surface area contributed by atoms with E-state index in [4.69, 9.17) is 5.73 Å². The summed E-state index contributed by atoms with van der Waals surface area (Å²) >= 11 is 0. The van der Waals surface area contributed by atoms with Gasteiger partial charge in [-0.15, -0.1) is 0 Å². The minimum absolute atomic E-state index is 0.333. The van der Waals surface area contributed by atoms with Gasteiger partial charge in [-0.05, 0) is 17.2 Å². The van der Waals surface area contributed by atoms with Gasteiger partial charge in [-0.1, -0.05) is 60.7 Å². The van der Waals surface area contributed by atoms with Gasteiger partial charge in [0.05, 0.1) is 12.0 Å². The van der Waals surface area contributed by atoms with E-state index >= 15 is 0 Å². The quantitative estimate of drug-likeness (QED) is 0.684. The van der Waals surface area contributed by atoms with Crippen molar-refractivity contribution in [2.45, 2.75) is 12.0 Å². The first-order valence-electron chi connectivity index (χ1n) is 7.69. The Morgan fingerprint density at radius 2 is 1.68 bits per heavy atom. The molecule has 0 spiro atoms. The van der Waals surface area contributed by atoms with Crippen LogP contribution in [0.3, 0.4) is 0 Å². The summed E-state index contributed by atoms with van der Waals surface area (Å²) in [6, 6.07) is 18.0. The molecule has 1 amide bonds. The number of nitro groups is 1. The lowest BCUT2D eigenvalue weighted by atomic mass is 9.73. The maximum atomic E-state index is 12.2. The molecule has 3 unspecified atom stereocenters. The van der Waals surface area contributed by atoms with E-state index in [9.17, 15) is 20.2 Å². The molecule has 0 radical (unpaired) electrons. The van der Waals surface area contributed by atoms with Crippen LogP contribution in [0.15, 0.2) is 66.7 Å². The van der Waals surface area contributed by atoms with E-state index in [0.717, 1.165) is 0 Å². The fraction of sp³-hybridized carbons (Fsp3) is 0.158. The second kappa shape index (κ2) is 6.21. The Hall–Kier alpha value is -3.46. The minimum Gasteiger partial charge on any atom is -0.368 e. The van der Waals surface area contributed by atoms with Gasteiger partial charge in [0.25, 0.3) is 0 Å². The average Bonchev–Trinajstić information content (AvgIpc) is 3.00. The van der Waals surface area contributed by atoms with Gasteiger partial charge in [-0.2, -0.15) is 5.26 Å². The predicted molar refractivity (Wildman–Crippen MR) is 91.6 cm³/mol. The number of hydrogen-bond acceptors (Lipinski definition) is 4. The summed E-state index contributed by atoms with van der Waals surface area (Å²) in [5.41, 5.74) is 5.24. The molecule has 0 aromatic heterocycles. The molecule has 2 N–H and O–H groups in total. The van der Waals surface area contributed by atoms with E-state index in [1.807, 2.05) is 6.07 Å². The molecule has 0 aliphatic heterocycles. The molecule has 2 aromatic carbocycles. The van der Waals surface area contributed by atoms with E-state index in [1.54, 1.807) is 60.7 Å². The number of hydrogen-bond donors (Lipinski definition) is 1. The van der Waals surface area contributed by atoms with Crippen molar-refractivity contribution in [1.82, 2.24) is 0 Å². The SMILES string of the molecule is N#CC1(C(N)=O)C=C(c2ccccc2)C([N+](=O)[O-])C1c1ccccc1. The van der Waals surface area contributed by atoms with Crippen molar-refractivity contribution >= 4 is 11.5 Å². The largest absolute Gasteiger partial charge is 0.368 e. The molecule has 0 saturated carbocycles. The molecule has 1 aliphatic rings. The monoisotopic (exact) mass is 333 g/mol. The summed E-state index contributed by atoms with van der Waals surface area (Å²) in [5, 5.41) is 21.7. The topological polar surface area (TPSA) is 110 Å². The third kappa shape index (κ3) is 2.56. The molecule has 6 heteroatoms. The molecule has 3 rings (SSSR count). The van der Waals surface area contributed by atoms with Crippen molar-refractivity contribution < 1.29 is 9.72 Å². The predicted octanol–water partition coefficient (Wildman–Crippen LogP) is 2.51. The van der Waals surface area contributed by atoms with Crippen LogP contribution in [0.1, 0.15) is 17.0 Å². The van der Waals surface area contributed by atoms with Crippen LogP contribution in [0.5, 0.6) is 0 Å².